The predicted molar refractivity (Wildman–Crippen MR) is 119 cm³/mol. The van der Waals surface area contributed by atoms with E-state index in [0.29, 0.717) is 42.1 Å². The summed E-state index contributed by atoms with van der Waals surface area (Å²) in [7, 11) is 0. The molecule has 1 aliphatic rings. The van der Waals surface area contributed by atoms with Crippen LogP contribution in [-0.4, -0.2) is 57.8 Å². The Morgan fingerprint density at radius 2 is 1.77 bits per heavy atom. The van der Waals surface area contributed by atoms with Gasteiger partial charge in [-0.3, -0.25) is 9.69 Å². The normalized spacial score (nSPS) is 14.8. The molecule has 156 valence electrons. The van der Waals surface area contributed by atoms with E-state index in [1.165, 1.54) is 5.56 Å². The second-order valence-corrected chi connectivity index (χ2v) is 8.76. The number of hydrogen-bond acceptors (Lipinski definition) is 6. The first kappa shape index (κ1) is 20.9. The monoisotopic (exact) mass is 442 g/mol. The maximum atomic E-state index is 12.5. The van der Waals surface area contributed by atoms with Crippen LogP contribution in [0.15, 0.2) is 57.9 Å². The minimum atomic E-state index is 0.183. The average Bonchev–Trinajstić information content (AvgIpc) is 3.22. The molecule has 1 saturated heterocycles. The molecule has 1 fully saturated rings. The van der Waals surface area contributed by atoms with Crippen LogP contribution in [0, 0.1) is 6.92 Å². The van der Waals surface area contributed by atoms with Gasteiger partial charge < -0.3 is 9.42 Å². The van der Waals surface area contributed by atoms with Gasteiger partial charge in [-0.1, -0.05) is 34.5 Å². The van der Waals surface area contributed by atoms with Gasteiger partial charge in [0.25, 0.3) is 0 Å². The lowest BCUT2D eigenvalue weighted by molar-refractivity contribution is -0.130. The molecule has 2 heterocycles. The van der Waals surface area contributed by atoms with Gasteiger partial charge >= 0.3 is 0 Å². The van der Waals surface area contributed by atoms with E-state index in [9.17, 15) is 4.79 Å². The summed E-state index contributed by atoms with van der Waals surface area (Å²) in [6.45, 7) is 5.66. The predicted octanol–water partition coefficient (Wildman–Crippen LogP) is 4.13. The number of amides is 1. The lowest BCUT2D eigenvalue weighted by atomic mass is 10.2. The first-order valence-electron chi connectivity index (χ1n) is 9.85. The smallest absolute Gasteiger partial charge is 0.241 e. The van der Waals surface area contributed by atoms with Crippen LogP contribution in [0.1, 0.15) is 11.5 Å². The number of carbonyl (C=O) groups excluding carboxylic acids is 1. The van der Waals surface area contributed by atoms with E-state index >= 15 is 0 Å². The summed E-state index contributed by atoms with van der Waals surface area (Å²) in [5.41, 5.74) is 2.10. The van der Waals surface area contributed by atoms with Gasteiger partial charge in [0.15, 0.2) is 0 Å². The third-order valence-electron chi connectivity index (χ3n) is 5.04. The van der Waals surface area contributed by atoms with Crippen LogP contribution >= 0.6 is 23.4 Å². The summed E-state index contributed by atoms with van der Waals surface area (Å²) < 4.78 is 5.40. The van der Waals surface area contributed by atoms with Crippen molar-refractivity contribution in [3.63, 3.8) is 0 Å². The summed E-state index contributed by atoms with van der Waals surface area (Å²) in [5.74, 6) is 1.79. The molecule has 0 aliphatic carbocycles. The molecule has 30 heavy (non-hydrogen) atoms. The van der Waals surface area contributed by atoms with Crippen molar-refractivity contribution in [1.82, 2.24) is 19.9 Å². The number of nitrogens with zero attached hydrogens (tertiary/aromatic N) is 4. The van der Waals surface area contributed by atoms with Gasteiger partial charge in [0.2, 0.25) is 17.6 Å². The highest BCUT2D eigenvalue weighted by atomic mass is 35.5. The van der Waals surface area contributed by atoms with Crippen LogP contribution in [0.2, 0.25) is 5.02 Å². The van der Waals surface area contributed by atoms with Crippen molar-refractivity contribution in [2.45, 2.75) is 18.4 Å². The fraction of sp³-hybridized carbons (Fsp3) is 0.318. The third-order valence-corrected chi connectivity index (χ3v) is 6.29. The summed E-state index contributed by atoms with van der Waals surface area (Å²) in [4.78, 5) is 22.3. The zero-order valence-electron chi connectivity index (χ0n) is 16.8. The van der Waals surface area contributed by atoms with E-state index in [4.69, 9.17) is 16.1 Å². The molecule has 0 unspecified atom stereocenters. The highest BCUT2D eigenvalue weighted by molar-refractivity contribution is 8.00. The number of aromatic nitrogens is 2. The summed E-state index contributed by atoms with van der Waals surface area (Å²) >= 11 is 7.51. The molecule has 4 rings (SSSR count). The highest BCUT2D eigenvalue weighted by Gasteiger charge is 2.22. The molecule has 6 nitrogen and oxygen atoms in total. The Hall–Kier alpha value is -2.35. The Balaban J connectivity index is 1.24. The van der Waals surface area contributed by atoms with Gasteiger partial charge in [-0.2, -0.15) is 4.98 Å². The molecule has 0 spiro atoms. The topological polar surface area (TPSA) is 62.5 Å². The molecule has 0 N–H and O–H groups in total. The average molecular weight is 443 g/mol. The van der Waals surface area contributed by atoms with Crippen LogP contribution in [0.5, 0.6) is 0 Å². The maximum absolute atomic E-state index is 12.5. The van der Waals surface area contributed by atoms with Crippen molar-refractivity contribution in [3.05, 3.63) is 65.0 Å². The van der Waals surface area contributed by atoms with E-state index in [1.807, 2.05) is 17.0 Å². The molecule has 3 aromatic rings. The zero-order chi connectivity index (χ0) is 20.9. The summed E-state index contributed by atoms with van der Waals surface area (Å²) in [6, 6.07) is 15.6. The number of rotatable bonds is 6. The molecule has 0 saturated carbocycles. The van der Waals surface area contributed by atoms with Crippen LogP contribution in [-0.2, 0) is 11.3 Å². The van der Waals surface area contributed by atoms with Crippen LogP contribution in [0.25, 0.3) is 11.4 Å². The second kappa shape index (κ2) is 9.64. The lowest BCUT2D eigenvalue weighted by Gasteiger charge is -2.33. The molecule has 2 aromatic carbocycles. The van der Waals surface area contributed by atoms with Gasteiger partial charge in [-0.25, -0.2) is 0 Å². The fourth-order valence-corrected chi connectivity index (χ4v) is 4.18. The zero-order valence-corrected chi connectivity index (χ0v) is 18.3. The number of aryl methyl sites for hydroxylation is 1. The number of thioether (sulfide) groups is 1. The molecule has 1 aromatic heterocycles. The Bertz CT molecular complexity index is 983. The van der Waals surface area contributed by atoms with E-state index in [2.05, 4.69) is 46.2 Å². The molecule has 1 aliphatic heterocycles. The van der Waals surface area contributed by atoms with Crippen molar-refractivity contribution < 1.29 is 9.32 Å². The van der Waals surface area contributed by atoms with Gasteiger partial charge in [0.05, 0.1) is 12.3 Å². The van der Waals surface area contributed by atoms with Crippen LogP contribution < -0.4 is 0 Å². The van der Waals surface area contributed by atoms with Crippen molar-refractivity contribution >= 4 is 29.3 Å². The molecular formula is C22H23ClN4O2S. The first-order valence-corrected chi connectivity index (χ1v) is 11.2. The molecular weight excluding hydrogens is 420 g/mol. The van der Waals surface area contributed by atoms with Gasteiger partial charge in [0.1, 0.15) is 0 Å². The van der Waals surface area contributed by atoms with Gasteiger partial charge in [0, 0.05) is 41.7 Å². The standard InChI is InChI=1S/C22H23ClN4O2S/c1-16-2-8-19(9-3-16)30-15-21(28)27-12-10-26(11-13-27)14-20-24-22(25-29-20)17-4-6-18(23)7-5-17/h2-9H,10-15H2,1H3. The summed E-state index contributed by atoms with van der Waals surface area (Å²) in [6.07, 6.45) is 0. The first-order chi connectivity index (χ1) is 14.6. The molecule has 1 amide bonds. The number of halogens is 1. The minimum Gasteiger partial charge on any atom is -0.339 e. The Labute approximate surface area is 185 Å². The van der Waals surface area contributed by atoms with E-state index in [1.54, 1.807) is 23.9 Å². The Morgan fingerprint density at radius 3 is 2.47 bits per heavy atom. The Kier molecular flexibility index (Phi) is 6.72. The SMILES string of the molecule is Cc1ccc(SCC(=O)N2CCN(Cc3nc(-c4ccc(Cl)cc4)no3)CC2)cc1. The third kappa shape index (κ3) is 5.41. The van der Waals surface area contributed by atoms with Gasteiger partial charge in [-0.05, 0) is 43.3 Å². The van der Waals surface area contributed by atoms with Gasteiger partial charge in [-0.15, -0.1) is 11.8 Å². The molecule has 0 radical (unpaired) electrons. The van der Waals surface area contributed by atoms with Crippen molar-refractivity contribution in [2.24, 2.45) is 0 Å². The van der Waals surface area contributed by atoms with Crippen molar-refractivity contribution in [2.75, 3.05) is 31.9 Å². The van der Waals surface area contributed by atoms with E-state index in [-0.39, 0.29) is 5.91 Å². The molecule has 0 bridgehead atoms. The lowest BCUT2D eigenvalue weighted by Crippen LogP contribution is -2.48. The number of piperazine rings is 1. The quantitative estimate of drug-likeness (QED) is 0.535. The summed E-state index contributed by atoms with van der Waals surface area (Å²) in [5, 5.41) is 4.73. The number of benzene rings is 2. The second-order valence-electron chi connectivity index (χ2n) is 7.28. The number of carbonyl (C=O) groups is 1. The fourth-order valence-electron chi connectivity index (χ4n) is 3.25. The van der Waals surface area contributed by atoms with Crippen molar-refractivity contribution in [1.29, 1.82) is 0 Å². The molecule has 0 atom stereocenters. The van der Waals surface area contributed by atoms with Crippen molar-refractivity contribution in [3.8, 4) is 11.4 Å². The van der Waals surface area contributed by atoms with Crippen LogP contribution in [0.3, 0.4) is 0 Å². The van der Waals surface area contributed by atoms with Crippen LogP contribution in [0.4, 0.5) is 0 Å². The molecule has 8 heteroatoms. The maximum Gasteiger partial charge on any atom is 0.241 e. The number of hydrogen-bond donors (Lipinski definition) is 0. The van der Waals surface area contributed by atoms with E-state index in [0.717, 1.165) is 23.5 Å². The largest absolute Gasteiger partial charge is 0.339 e. The Morgan fingerprint density at radius 1 is 1.07 bits per heavy atom. The highest BCUT2D eigenvalue weighted by Crippen LogP contribution is 2.21. The minimum absolute atomic E-state index is 0.183. The van der Waals surface area contributed by atoms with E-state index < -0.39 is 0 Å².